The Bertz CT molecular complexity index is 11.6. The molecule has 0 saturated carbocycles. The molecular weight excluding hydrogens is 228 g/mol. The molecule has 0 aromatic carbocycles. The van der Waals surface area contributed by atoms with Gasteiger partial charge in [-0.1, -0.05) is 0 Å². The molecular formula is HCoKMnNiO. The van der Waals surface area contributed by atoms with Gasteiger partial charge in [-0.3, -0.25) is 0 Å². The summed E-state index contributed by atoms with van der Waals surface area (Å²) in [5.41, 5.74) is 0. The number of hydrogen-bond acceptors (Lipinski definition) is 1. The Hall–Kier alpha value is 2.96. The zero-order chi connectivity index (χ0) is 2.00. The summed E-state index contributed by atoms with van der Waals surface area (Å²) >= 11 is 1.69. The first kappa shape index (κ1) is 24.6. The van der Waals surface area contributed by atoms with E-state index in [1.807, 2.05) is 0 Å². The summed E-state index contributed by atoms with van der Waals surface area (Å²) < 4.78 is 8.06. The van der Waals surface area contributed by atoms with Crippen LogP contribution >= 0.6 is 0 Å². The summed E-state index contributed by atoms with van der Waals surface area (Å²) in [6.07, 6.45) is 0. The van der Waals surface area contributed by atoms with Gasteiger partial charge in [0.2, 0.25) is 0 Å². The second-order valence-electron chi connectivity index (χ2n) is 0. The van der Waals surface area contributed by atoms with Crippen molar-refractivity contribution in [1.82, 2.24) is 0 Å². The average molecular weight is 229 g/mol. The third-order valence-electron chi connectivity index (χ3n) is 0. The van der Waals surface area contributed by atoms with Gasteiger partial charge in [0.05, 0.1) is 0 Å². The van der Waals surface area contributed by atoms with Gasteiger partial charge in [0.1, 0.15) is 0 Å². The predicted molar refractivity (Wildman–Crippen MR) is 7.84 cm³/mol. The predicted octanol–water partition coefficient (Wildman–Crippen LogP) is -0.775. The summed E-state index contributed by atoms with van der Waals surface area (Å²) in [7, 11) is 0. The van der Waals surface area contributed by atoms with E-state index in [0.29, 0.717) is 0 Å². The molecule has 0 amide bonds. The van der Waals surface area contributed by atoms with Gasteiger partial charge in [-0.05, 0) is 0 Å². The van der Waals surface area contributed by atoms with Gasteiger partial charge < -0.3 is 0 Å². The van der Waals surface area contributed by atoms with Gasteiger partial charge in [0.25, 0.3) is 0 Å². The quantitative estimate of drug-likeness (QED) is 0.498. The van der Waals surface area contributed by atoms with Crippen LogP contribution in [0.2, 0.25) is 0 Å². The van der Waals surface area contributed by atoms with Gasteiger partial charge in [0, 0.05) is 33.3 Å². The molecule has 0 N–H and O–H groups in total. The third kappa shape index (κ3) is 19.6. The number of rotatable bonds is 0. The Kier molecular flexibility index (Phi) is 139. The van der Waals surface area contributed by atoms with Crippen LogP contribution < -0.4 is 0 Å². The molecule has 1 nitrogen and oxygen atoms in total. The Morgan fingerprint density at radius 3 is 1.20 bits per heavy atom. The zero-order valence-electron chi connectivity index (χ0n) is 1.44. The molecule has 0 atom stereocenters. The van der Waals surface area contributed by atoms with E-state index in [2.05, 4.69) is 0 Å². The summed E-state index contributed by atoms with van der Waals surface area (Å²) in [5, 5.41) is 0. The maximum atomic E-state index is 8.06. The molecule has 0 aliphatic carbocycles. The number of hydrogen-bond donors (Lipinski definition) is 0. The van der Waals surface area contributed by atoms with Crippen molar-refractivity contribution in [2.45, 2.75) is 0 Å². The van der Waals surface area contributed by atoms with E-state index in [0.717, 1.165) is 0 Å². The van der Waals surface area contributed by atoms with Gasteiger partial charge in [-0.2, -0.15) is 0 Å². The summed E-state index contributed by atoms with van der Waals surface area (Å²) in [6, 6.07) is 0. The summed E-state index contributed by atoms with van der Waals surface area (Å²) in [5.74, 6) is 0. The van der Waals surface area contributed by atoms with Crippen LogP contribution in [0.5, 0.6) is 0 Å². The van der Waals surface area contributed by atoms with E-state index in [4.69, 9.17) is 3.83 Å². The third-order valence-corrected chi connectivity index (χ3v) is 0. The Morgan fingerprint density at radius 1 is 1.20 bits per heavy atom. The van der Waals surface area contributed by atoms with E-state index in [1.165, 1.54) is 0 Å². The molecule has 0 aromatic heterocycles. The molecule has 0 aromatic rings. The molecule has 0 saturated heterocycles. The Balaban J connectivity index is -0.00000000167. The average Bonchev–Trinajstić information content (AvgIpc) is 1.00. The minimum absolute atomic E-state index is 0. The van der Waals surface area contributed by atoms with Crippen molar-refractivity contribution in [1.29, 1.82) is 0 Å². The summed E-state index contributed by atoms with van der Waals surface area (Å²) in [6.45, 7) is 0. The zero-order valence-corrected chi connectivity index (χ0v) is 4.64. The molecule has 34 valence electrons. The second-order valence-corrected chi connectivity index (χ2v) is 0. The maximum absolute atomic E-state index is 8.06. The van der Waals surface area contributed by atoms with E-state index in [-0.39, 0.29) is 84.7 Å². The molecule has 0 aliphatic heterocycles. The van der Waals surface area contributed by atoms with Crippen molar-refractivity contribution in [2.75, 3.05) is 0 Å². The second kappa shape index (κ2) is 28.2. The van der Waals surface area contributed by atoms with Gasteiger partial charge in [-0.25, -0.2) is 0 Å². The van der Waals surface area contributed by atoms with Crippen molar-refractivity contribution >= 4 is 51.4 Å². The molecule has 0 fully saturated rings. The van der Waals surface area contributed by atoms with Crippen LogP contribution in [0.4, 0.5) is 0 Å². The van der Waals surface area contributed by atoms with Crippen LogP contribution in [0.1, 0.15) is 0 Å². The molecule has 0 rings (SSSR count). The molecule has 1 radical (unpaired) electrons. The minimum atomic E-state index is 0. The van der Waals surface area contributed by atoms with E-state index in [1.54, 1.807) is 15.9 Å². The molecule has 0 aliphatic rings. The van der Waals surface area contributed by atoms with Crippen molar-refractivity contribution < 1.29 is 53.0 Å². The van der Waals surface area contributed by atoms with Gasteiger partial charge in [-0.15, -0.1) is 0 Å². The monoisotopic (exact) mass is 228 g/mol. The fraction of sp³-hybridized carbons (Fsp3) is 0. The topological polar surface area (TPSA) is 17.1 Å². The van der Waals surface area contributed by atoms with Crippen LogP contribution in [0.25, 0.3) is 0 Å². The van der Waals surface area contributed by atoms with Crippen LogP contribution in [0.15, 0.2) is 0 Å². The fourth-order valence-electron chi connectivity index (χ4n) is 0. The van der Waals surface area contributed by atoms with Crippen molar-refractivity contribution in [3.05, 3.63) is 0 Å². The van der Waals surface area contributed by atoms with Crippen LogP contribution in [-0.2, 0) is 53.0 Å². The first-order chi connectivity index (χ1) is 1.00. The van der Waals surface area contributed by atoms with Crippen LogP contribution in [0, 0.1) is 0 Å². The molecule has 0 unspecified atom stereocenters. The SMILES string of the molecule is [Co].[KH].[Ni].[O]=[Mn]. The molecule has 0 spiro atoms. The van der Waals surface area contributed by atoms with Crippen molar-refractivity contribution in [2.24, 2.45) is 0 Å². The molecule has 0 bridgehead atoms. The first-order valence-electron chi connectivity index (χ1n) is 0.154. The van der Waals surface area contributed by atoms with Gasteiger partial charge >= 0.3 is 71.2 Å². The first-order valence-corrected chi connectivity index (χ1v) is 0.636. The standard InChI is InChI=1S/Co.K.Mn.Ni.O.H. The van der Waals surface area contributed by atoms with Crippen LogP contribution in [-0.4, -0.2) is 51.4 Å². The van der Waals surface area contributed by atoms with Crippen molar-refractivity contribution in [3.63, 3.8) is 0 Å². The van der Waals surface area contributed by atoms with Gasteiger partial charge in [0.15, 0.2) is 0 Å². The summed E-state index contributed by atoms with van der Waals surface area (Å²) in [4.78, 5) is 0. The fourth-order valence-corrected chi connectivity index (χ4v) is 0. The van der Waals surface area contributed by atoms with E-state index in [9.17, 15) is 0 Å². The Labute approximate surface area is 102 Å². The van der Waals surface area contributed by atoms with E-state index < -0.39 is 0 Å². The Morgan fingerprint density at radius 2 is 1.20 bits per heavy atom. The van der Waals surface area contributed by atoms with Crippen molar-refractivity contribution in [3.8, 4) is 0 Å². The van der Waals surface area contributed by atoms with E-state index >= 15 is 0 Å². The normalized spacial score (nSPS) is 0.800. The molecule has 5 heteroatoms. The molecule has 5 heavy (non-hydrogen) atoms. The molecule has 0 heterocycles. The van der Waals surface area contributed by atoms with Crippen LogP contribution in [0.3, 0.4) is 0 Å².